The molecule has 138 valence electrons. The molecule has 0 amide bonds. The third-order valence-electron chi connectivity index (χ3n) is 4.88. The van der Waals surface area contributed by atoms with E-state index in [1.54, 1.807) is 24.3 Å². The van der Waals surface area contributed by atoms with E-state index in [0.29, 0.717) is 28.8 Å². The van der Waals surface area contributed by atoms with Crippen LogP contribution in [0.5, 0.6) is 5.75 Å². The first-order chi connectivity index (χ1) is 13.5. The van der Waals surface area contributed by atoms with Crippen LogP contribution >= 0.6 is 0 Å². The van der Waals surface area contributed by atoms with Crippen molar-refractivity contribution >= 4 is 28.0 Å². The van der Waals surface area contributed by atoms with E-state index in [2.05, 4.69) is 22.0 Å². The first kappa shape index (κ1) is 17.5. The van der Waals surface area contributed by atoms with Gasteiger partial charge in [0, 0.05) is 30.6 Å². The molecule has 7 nitrogen and oxygen atoms in total. The average Bonchev–Trinajstić information content (AvgIpc) is 2.73. The number of rotatable bonds is 3. The van der Waals surface area contributed by atoms with Crippen molar-refractivity contribution in [2.75, 3.05) is 18.0 Å². The van der Waals surface area contributed by atoms with Crippen LogP contribution in [0.15, 0.2) is 54.6 Å². The second-order valence-electron chi connectivity index (χ2n) is 6.57. The van der Waals surface area contributed by atoms with Crippen LogP contribution in [0.4, 0.5) is 11.5 Å². The van der Waals surface area contributed by atoms with E-state index in [9.17, 15) is 20.5 Å². The van der Waals surface area contributed by atoms with Gasteiger partial charge in [0.15, 0.2) is 0 Å². The molecule has 28 heavy (non-hydrogen) atoms. The minimum absolute atomic E-state index is 0.0574. The van der Waals surface area contributed by atoms with Crippen molar-refractivity contribution in [1.29, 1.82) is 5.26 Å². The molecule has 3 aromatic rings. The van der Waals surface area contributed by atoms with Crippen LogP contribution < -0.4 is 4.90 Å². The third kappa shape index (κ3) is 3.23. The molecule has 0 unspecified atom stereocenters. The number of anilines is 1. The SMILES string of the molecule is N#Cc1cc(N2CC=C(c3ccc(O)cc3)CC2)nc2ccc([N+](=O)[O-])cc12. The molecule has 7 heteroatoms. The second-order valence-corrected chi connectivity index (χ2v) is 6.57. The van der Waals surface area contributed by atoms with Gasteiger partial charge in [-0.2, -0.15) is 5.26 Å². The molecule has 1 aliphatic heterocycles. The number of benzene rings is 2. The molecule has 0 saturated carbocycles. The molecule has 4 rings (SSSR count). The maximum absolute atomic E-state index is 11.0. The number of phenols is 1. The Bertz CT molecular complexity index is 1150. The number of nitro groups is 1. The molecule has 1 aromatic heterocycles. The lowest BCUT2D eigenvalue weighted by Gasteiger charge is -2.28. The highest BCUT2D eigenvalue weighted by Gasteiger charge is 2.18. The molecule has 0 atom stereocenters. The van der Waals surface area contributed by atoms with E-state index in [1.165, 1.54) is 17.7 Å². The Morgan fingerprint density at radius 2 is 1.96 bits per heavy atom. The number of hydrogen-bond acceptors (Lipinski definition) is 6. The summed E-state index contributed by atoms with van der Waals surface area (Å²) in [5, 5.41) is 30.4. The minimum atomic E-state index is -0.477. The zero-order valence-corrected chi connectivity index (χ0v) is 14.9. The van der Waals surface area contributed by atoms with E-state index in [1.807, 2.05) is 12.1 Å². The number of phenolic OH excluding ortho intramolecular Hbond substituents is 1. The van der Waals surface area contributed by atoms with Crippen molar-refractivity contribution in [1.82, 2.24) is 4.98 Å². The van der Waals surface area contributed by atoms with Gasteiger partial charge < -0.3 is 10.0 Å². The third-order valence-corrected chi connectivity index (χ3v) is 4.88. The Hall–Kier alpha value is -3.92. The Labute approximate surface area is 160 Å². The smallest absolute Gasteiger partial charge is 0.270 e. The fourth-order valence-electron chi connectivity index (χ4n) is 3.38. The molecule has 1 aliphatic rings. The van der Waals surface area contributed by atoms with Gasteiger partial charge in [-0.25, -0.2) is 4.98 Å². The van der Waals surface area contributed by atoms with Gasteiger partial charge >= 0.3 is 0 Å². The lowest BCUT2D eigenvalue weighted by molar-refractivity contribution is -0.384. The summed E-state index contributed by atoms with van der Waals surface area (Å²) in [6.07, 6.45) is 2.93. The number of hydrogen-bond donors (Lipinski definition) is 1. The molecule has 0 saturated heterocycles. The van der Waals surface area contributed by atoms with Crippen molar-refractivity contribution in [2.24, 2.45) is 0 Å². The number of nitriles is 1. The first-order valence-electron chi connectivity index (χ1n) is 8.78. The molecule has 0 spiro atoms. The summed E-state index contributed by atoms with van der Waals surface area (Å²) in [6.45, 7) is 1.38. The Morgan fingerprint density at radius 1 is 1.18 bits per heavy atom. The van der Waals surface area contributed by atoms with Gasteiger partial charge in [0.05, 0.1) is 22.1 Å². The topological polar surface area (TPSA) is 103 Å². The van der Waals surface area contributed by atoms with Gasteiger partial charge in [0.1, 0.15) is 11.6 Å². The van der Waals surface area contributed by atoms with Crippen molar-refractivity contribution in [3.63, 3.8) is 0 Å². The predicted molar refractivity (Wildman–Crippen MR) is 106 cm³/mol. The summed E-state index contributed by atoms with van der Waals surface area (Å²) in [6, 6.07) is 15.3. The lowest BCUT2D eigenvalue weighted by Crippen LogP contribution is -2.29. The summed E-state index contributed by atoms with van der Waals surface area (Å²) >= 11 is 0. The summed E-state index contributed by atoms with van der Waals surface area (Å²) in [7, 11) is 0. The predicted octanol–water partition coefficient (Wildman–Crippen LogP) is 4.01. The standard InChI is InChI=1S/C21H16N4O3/c22-13-16-11-21(23-20-6-3-17(25(27)28)12-19(16)20)24-9-7-15(8-10-24)14-1-4-18(26)5-2-14/h1-7,11-12,26H,8-10H2. The van der Waals surface area contributed by atoms with E-state index < -0.39 is 4.92 Å². The highest BCUT2D eigenvalue weighted by atomic mass is 16.6. The van der Waals surface area contributed by atoms with Crippen LogP contribution in [0, 0.1) is 21.4 Å². The molecule has 1 N–H and O–H groups in total. The number of pyridine rings is 1. The van der Waals surface area contributed by atoms with Crippen molar-refractivity contribution in [2.45, 2.75) is 6.42 Å². The van der Waals surface area contributed by atoms with Gasteiger partial charge in [-0.05, 0) is 41.8 Å². The molecule has 0 radical (unpaired) electrons. The molecule has 2 aromatic carbocycles. The number of aromatic hydroxyl groups is 1. The van der Waals surface area contributed by atoms with E-state index in [4.69, 9.17) is 0 Å². The van der Waals surface area contributed by atoms with Gasteiger partial charge in [0.2, 0.25) is 0 Å². The number of nitrogens with zero attached hydrogens (tertiary/aromatic N) is 4. The monoisotopic (exact) mass is 372 g/mol. The zero-order valence-electron chi connectivity index (χ0n) is 14.9. The van der Waals surface area contributed by atoms with Gasteiger partial charge in [-0.1, -0.05) is 18.2 Å². The summed E-state index contributed by atoms with van der Waals surface area (Å²) in [4.78, 5) is 17.2. The second kappa shape index (κ2) is 7.00. The summed E-state index contributed by atoms with van der Waals surface area (Å²) in [5.74, 6) is 0.922. The van der Waals surface area contributed by atoms with E-state index >= 15 is 0 Å². The Balaban J connectivity index is 1.65. The number of fused-ring (bicyclic) bond motifs is 1. The molecular weight excluding hydrogens is 356 g/mol. The summed E-state index contributed by atoms with van der Waals surface area (Å²) < 4.78 is 0. The average molecular weight is 372 g/mol. The van der Waals surface area contributed by atoms with Gasteiger partial charge in [-0.15, -0.1) is 0 Å². The Morgan fingerprint density at radius 3 is 2.61 bits per heavy atom. The van der Waals surface area contributed by atoms with Crippen molar-refractivity contribution < 1.29 is 10.0 Å². The van der Waals surface area contributed by atoms with Crippen LogP contribution in [-0.4, -0.2) is 28.1 Å². The fourth-order valence-corrected chi connectivity index (χ4v) is 3.38. The van der Waals surface area contributed by atoms with Crippen LogP contribution in [0.3, 0.4) is 0 Å². The molecule has 2 heterocycles. The normalized spacial score (nSPS) is 13.8. The molecule has 0 fully saturated rings. The van der Waals surface area contributed by atoms with Crippen LogP contribution in [0.25, 0.3) is 16.5 Å². The number of aromatic nitrogens is 1. The van der Waals surface area contributed by atoms with Crippen molar-refractivity contribution in [3.8, 4) is 11.8 Å². The maximum Gasteiger partial charge on any atom is 0.270 e. The van der Waals surface area contributed by atoms with E-state index in [0.717, 1.165) is 18.5 Å². The minimum Gasteiger partial charge on any atom is -0.508 e. The van der Waals surface area contributed by atoms with E-state index in [-0.39, 0.29) is 11.4 Å². The van der Waals surface area contributed by atoms with Gasteiger partial charge in [0.25, 0.3) is 5.69 Å². The molecular formula is C21H16N4O3. The van der Waals surface area contributed by atoms with Crippen molar-refractivity contribution in [3.05, 3.63) is 75.8 Å². The molecule has 0 aliphatic carbocycles. The number of nitro benzene ring substituents is 1. The zero-order chi connectivity index (χ0) is 19.7. The summed E-state index contributed by atoms with van der Waals surface area (Å²) in [5.41, 5.74) is 3.16. The lowest BCUT2D eigenvalue weighted by atomic mass is 9.99. The largest absolute Gasteiger partial charge is 0.508 e. The van der Waals surface area contributed by atoms with Crippen LogP contribution in [-0.2, 0) is 0 Å². The van der Waals surface area contributed by atoms with Crippen LogP contribution in [0.1, 0.15) is 17.5 Å². The Kier molecular flexibility index (Phi) is 4.38. The quantitative estimate of drug-likeness (QED) is 0.550. The fraction of sp³-hybridized carbons (Fsp3) is 0.143. The molecule has 0 bridgehead atoms. The highest BCUT2D eigenvalue weighted by molar-refractivity contribution is 5.88. The highest BCUT2D eigenvalue weighted by Crippen LogP contribution is 2.29. The number of non-ortho nitro benzene ring substituents is 1. The van der Waals surface area contributed by atoms with Crippen LogP contribution in [0.2, 0.25) is 0 Å². The maximum atomic E-state index is 11.0. The first-order valence-corrected chi connectivity index (χ1v) is 8.78. The van der Waals surface area contributed by atoms with Gasteiger partial charge in [-0.3, -0.25) is 10.1 Å².